The average Bonchev–Trinajstić information content (AvgIpc) is 3.41. The van der Waals surface area contributed by atoms with Crippen molar-refractivity contribution in [3.63, 3.8) is 0 Å². The standard InChI is InChI=1S/C23H29ClN4O/c1-3-9-28-16(2)20(13-25-28)21-12-18-15-26(14-17-6-4-7-19(24)11-17)22(29)23(18)8-5-10-27(21)23/h4,6-7,11,13,18,21H,3,5,8-10,12,14-15H2,1-2H3/t18-,21-,23-/m0/s1. The smallest absolute Gasteiger partial charge is 0.243 e. The van der Waals surface area contributed by atoms with Crippen LogP contribution in [0.25, 0.3) is 0 Å². The number of amides is 1. The first kappa shape index (κ1) is 19.1. The molecule has 29 heavy (non-hydrogen) atoms. The molecule has 3 atom stereocenters. The van der Waals surface area contributed by atoms with E-state index in [1.54, 1.807) is 0 Å². The maximum Gasteiger partial charge on any atom is 0.243 e. The molecule has 5 rings (SSSR count). The number of hydrogen-bond acceptors (Lipinski definition) is 3. The molecule has 0 bridgehead atoms. The first-order valence-electron chi connectivity index (χ1n) is 10.9. The number of hydrogen-bond donors (Lipinski definition) is 0. The van der Waals surface area contributed by atoms with Crippen molar-refractivity contribution < 1.29 is 4.79 Å². The van der Waals surface area contributed by atoms with Gasteiger partial charge in [0.2, 0.25) is 5.91 Å². The molecule has 0 radical (unpaired) electrons. The first-order valence-corrected chi connectivity index (χ1v) is 11.2. The highest BCUT2D eigenvalue weighted by Crippen LogP contribution is 2.56. The van der Waals surface area contributed by atoms with Crippen molar-refractivity contribution in [2.24, 2.45) is 5.92 Å². The molecule has 0 N–H and O–H groups in total. The van der Waals surface area contributed by atoms with E-state index in [1.807, 2.05) is 18.2 Å². The molecule has 1 spiro atoms. The average molecular weight is 413 g/mol. The molecular weight excluding hydrogens is 384 g/mol. The lowest BCUT2D eigenvalue weighted by atomic mass is 9.85. The number of aryl methyl sites for hydroxylation is 1. The number of halogens is 1. The van der Waals surface area contributed by atoms with Crippen LogP contribution in [0.5, 0.6) is 0 Å². The zero-order valence-electron chi connectivity index (χ0n) is 17.3. The van der Waals surface area contributed by atoms with E-state index >= 15 is 0 Å². The van der Waals surface area contributed by atoms with Crippen LogP contribution in [0.4, 0.5) is 0 Å². The summed E-state index contributed by atoms with van der Waals surface area (Å²) in [6, 6.07) is 8.21. The van der Waals surface area contributed by atoms with Crippen LogP contribution in [0.3, 0.4) is 0 Å². The highest BCUT2D eigenvalue weighted by atomic mass is 35.5. The summed E-state index contributed by atoms with van der Waals surface area (Å²) < 4.78 is 2.12. The molecule has 0 saturated carbocycles. The largest absolute Gasteiger partial charge is 0.336 e. The summed E-state index contributed by atoms with van der Waals surface area (Å²) >= 11 is 6.16. The van der Waals surface area contributed by atoms with Crippen LogP contribution in [0.2, 0.25) is 5.02 Å². The topological polar surface area (TPSA) is 41.4 Å². The summed E-state index contributed by atoms with van der Waals surface area (Å²) in [7, 11) is 0. The van der Waals surface area contributed by atoms with Crippen molar-refractivity contribution in [2.75, 3.05) is 13.1 Å². The van der Waals surface area contributed by atoms with Gasteiger partial charge in [-0.1, -0.05) is 30.7 Å². The molecule has 3 aliphatic heterocycles. The quantitative estimate of drug-likeness (QED) is 0.739. The summed E-state index contributed by atoms with van der Waals surface area (Å²) in [6.07, 6.45) is 6.28. The van der Waals surface area contributed by atoms with Gasteiger partial charge >= 0.3 is 0 Å². The Hall–Kier alpha value is -1.85. The monoisotopic (exact) mass is 412 g/mol. The van der Waals surface area contributed by atoms with E-state index in [4.69, 9.17) is 11.6 Å². The minimum absolute atomic E-state index is 0.303. The molecule has 6 heteroatoms. The Morgan fingerprint density at radius 3 is 3.00 bits per heavy atom. The van der Waals surface area contributed by atoms with Crippen molar-refractivity contribution in [3.8, 4) is 0 Å². The maximum atomic E-state index is 13.7. The lowest BCUT2D eigenvalue weighted by Gasteiger charge is -2.33. The Bertz CT molecular complexity index is 941. The molecule has 1 aromatic carbocycles. The molecule has 4 heterocycles. The highest BCUT2D eigenvalue weighted by molar-refractivity contribution is 6.30. The third-order valence-electron chi connectivity index (χ3n) is 7.33. The second-order valence-electron chi connectivity index (χ2n) is 8.89. The number of rotatable bonds is 5. The van der Waals surface area contributed by atoms with Crippen LogP contribution in [0.15, 0.2) is 30.5 Å². The highest BCUT2D eigenvalue weighted by Gasteiger charge is 2.65. The van der Waals surface area contributed by atoms with E-state index in [1.165, 1.54) is 11.3 Å². The number of carbonyl (C=O) groups excluding carboxylic acids is 1. The van der Waals surface area contributed by atoms with Crippen molar-refractivity contribution in [1.82, 2.24) is 19.6 Å². The van der Waals surface area contributed by atoms with Gasteiger partial charge in [0.25, 0.3) is 0 Å². The zero-order chi connectivity index (χ0) is 20.2. The Kier molecular flexibility index (Phi) is 4.71. The predicted molar refractivity (Wildman–Crippen MR) is 114 cm³/mol. The van der Waals surface area contributed by atoms with Gasteiger partial charge in [-0.3, -0.25) is 14.4 Å². The summed E-state index contributed by atoms with van der Waals surface area (Å²) in [5.41, 5.74) is 3.40. The van der Waals surface area contributed by atoms with Crippen molar-refractivity contribution in [2.45, 2.75) is 64.2 Å². The summed E-state index contributed by atoms with van der Waals surface area (Å²) in [6.45, 7) is 7.84. The van der Waals surface area contributed by atoms with Gasteiger partial charge in [-0.25, -0.2) is 0 Å². The fourth-order valence-corrected chi connectivity index (χ4v) is 6.30. The Balaban J connectivity index is 1.41. The second-order valence-corrected chi connectivity index (χ2v) is 9.33. The van der Waals surface area contributed by atoms with Gasteiger partial charge in [-0.2, -0.15) is 5.10 Å². The number of aromatic nitrogens is 2. The number of nitrogens with zero attached hydrogens (tertiary/aromatic N) is 4. The fourth-order valence-electron chi connectivity index (χ4n) is 6.09. The lowest BCUT2D eigenvalue weighted by molar-refractivity contribution is -0.137. The number of carbonyl (C=O) groups is 1. The lowest BCUT2D eigenvalue weighted by Crippen LogP contribution is -2.49. The summed E-state index contributed by atoms with van der Waals surface area (Å²) in [5.74, 6) is 0.719. The minimum Gasteiger partial charge on any atom is -0.336 e. The molecule has 5 nitrogen and oxygen atoms in total. The first-order chi connectivity index (χ1) is 14.0. The molecule has 154 valence electrons. The van der Waals surface area contributed by atoms with Crippen LogP contribution < -0.4 is 0 Å². The van der Waals surface area contributed by atoms with Gasteiger partial charge in [0.1, 0.15) is 5.54 Å². The third kappa shape index (κ3) is 2.85. The van der Waals surface area contributed by atoms with E-state index in [0.717, 1.165) is 55.9 Å². The molecule has 1 amide bonds. The fraction of sp³-hybridized carbons (Fsp3) is 0.565. The van der Waals surface area contributed by atoms with Gasteiger partial charge in [0, 0.05) is 47.9 Å². The Morgan fingerprint density at radius 1 is 1.34 bits per heavy atom. The minimum atomic E-state index is -0.303. The van der Waals surface area contributed by atoms with E-state index in [9.17, 15) is 4.79 Å². The second kappa shape index (κ2) is 7.13. The van der Waals surface area contributed by atoms with Crippen LogP contribution in [-0.2, 0) is 17.9 Å². The van der Waals surface area contributed by atoms with E-state index in [-0.39, 0.29) is 5.54 Å². The maximum absolute atomic E-state index is 13.7. The molecule has 0 aliphatic carbocycles. The molecule has 3 saturated heterocycles. The summed E-state index contributed by atoms with van der Waals surface area (Å²) in [4.78, 5) is 18.3. The number of likely N-dealkylation sites (tertiary alicyclic amines) is 1. The molecule has 3 fully saturated rings. The molecule has 2 aromatic rings. The van der Waals surface area contributed by atoms with E-state index in [0.29, 0.717) is 24.4 Å². The molecule has 0 unspecified atom stereocenters. The Morgan fingerprint density at radius 2 is 2.21 bits per heavy atom. The van der Waals surface area contributed by atoms with E-state index in [2.05, 4.69) is 45.7 Å². The third-order valence-corrected chi connectivity index (χ3v) is 7.56. The van der Waals surface area contributed by atoms with Gasteiger partial charge in [-0.15, -0.1) is 0 Å². The molecule has 3 aliphatic rings. The van der Waals surface area contributed by atoms with Gasteiger partial charge < -0.3 is 4.90 Å². The van der Waals surface area contributed by atoms with Crippen molar-refractivity contribution in [3.05, 3.63) is 52.3 Å². The van der Waals surface area contributed by atoms with Gasteiger partial charge in [-0.05, 0) is 56.8 Å². The van der Waals surface area contributed by atoms with Crippen molar-refractivity contribution in [1.29, 1.82) is 0 Å². The SMILES string of the molecule is CCCn1ncc([C@@H]2C[C@H]3CN(Cc4cccc(Cl)c4)C(=O)[C@]34CCCN24)c1C. The van der Waals surface area contributed by atoms with Gasteiger partial charge in [0.15, 0.2) is 0 Å². The normalized spacial score (nSPS) is 28.9. The molecule has 1 aromatic heterocycles. The van der Waals surface area contributed by atoms with Crippen molar-refractivity contribution >= 4 is 17.5 Å². The van der Waals surface area contributed by atoms with Crippen LogP contribution in [0, 0.1) is 12.8 Å². The Labute approximate surface area is 177 Å². The van der Waals surface area contributed by atoms with Crippen LogP contribution in [-0.4, -0.2) is 44.1 Å². The summed E-state index contributed by atoms with van der Waals surface area (Å²) in [5, 5.41) is 5.37. The predicted octanol–water partition coefficient (Wildman–Crippen LogP) is 4.19. The molecular formula is C23H29ClN4O. The van der Waals surface area contributed by atoms with Crippen LogP contribution >= 0.6 is 11.6 Å². The van der Waals surface area contributed by atoms with Gasteiger partial charge in [0.05, 0.1) is 6.20 Å². The van der Waals surface area contributed by atoms with Crippen LogP contribution in [0.1, 0.15) is 55.5 Å². The number of benzene rings is 1. The van der Waals surface area contributed by atoms with E-state index < -0.39 is 0 Å². The zero-order valence-corrected chi connectivity index (χ0v) is 18.0.